The molecule has 2 N–H and O–H groups in total. The molecule has 2 rings (SSSR count). The Labute approximate surface area is 99.2 Å². The topological polar surface area (TPSA) is 49.3 Å². The molecule has 0 aromatic heterocycles. The molecule has 4 heteroatoms. The molecule has 1 aromatic carbocycles. The highest BCUT2D eigenvalue weighted by Gasteiger charge is 2.21. The number of rotatable bonds is 2. The molecule has 0 aliphatic carbocycles. The van der Waals surface area contributed by atoms with Gasteiger partial charge in [0.1, 0.15) is 5.75 Å². The van der Waals surface area contributed by atoms with E-state index in [1.807, 2.05) is 12.1 Å². The molecule has 1 saturated heterocycles. The van der Waals surface area contributed by atoms with E-state index in [9.17, 15) is 9.90 Å². The average Bonchev–Trinajstić information content (AvgIpc) is 2.48. The number of phenols is 1. The Bertz CT molecular complexity index is 364. The highest BCUT2D eigenvalue weighted by Crippen LogP contribution is 2.28. The van der Waals surface area contributed by atoms with Gasteiger partial charge in [0.25, 0.3) is 0 Å². The molecular formula is C12H15NO2S. The Kier molecular flexibility index (Phi) is 3.72. The van der Waals surface area contributed by atoms with Crippen LogP contribution in [0.1, 0.15) is 19.3 Å². The van der Waals surface area contributed by atoms with Crippen LogP contribution in [-0.2, 0) is 4.79 Å². The number of amides is 1. The van der Waals surface area contributed by atoms with Crippen LogP contribution in [0.4, 0.5) is 0 Å². The molecule has 16 heavy (non-hydrogen) atoms. The van der Waals surface area contributed by atoms with E-state index in [4.69, 9.17) is 0 Å². The van der Waals surface area contributed by atoms with E-state index in [1.54, 1.807) is 23.9 Å². The van der Waals surface area contributed by atoms with Crippen molar-refractivity contribution in [3.05, 3.63) is 24.3 Å². The van der Waals surface area contributed by atoms with E-state index >= 15 is 0 Å². The van der Waals surface area contributed by atoms with Crippen LogP contribution in [-0.4, -0.2) is 22.8 Å². The molecule has 1 atom stereocenters. The Morgan fingerprint density at radius 1 is 1.25 bits per heavy atom. The molecule has 3 nitrogen and oxygen atoms in total. The zero-order valence-corrected chi connectivity index (χ0v) is 9.80. The number of phenolic OH excluding ortho intramolecular Hbond substituents is 1. The number of benzene rings is 1. The molecule has 0 bridgehead atoms. The fourth-order valence-corrected chi connectivity index (χ4v) is 2.81. The van der Waals surface area contributed by atoms with Crippen LogP contribution in [0.25, 0.3) is 0 Å². The molecule has 0 spiro atoms. The van der Waals surface area contributed by atoms with Crippen LogP contribution >= 0.6 is 11.8 Å². The first-order valence-electron chi connectivity index (χ1n) is 5.49. The fraction of sp³-hybridized carbons (Fsp3) is 0.417. The Balaban J connectivity index is 2.02. The molecule has 1 heterocycles. The van der Waals surface area contributed by atoms with Crippen LogP contribution in [0, 0.1) is 0 Å². The maximum absolute atomic E-state index is 11.7. The van der Waals surface area contributed by atoms with Crippen LogP contribution in [0.3, 0.4) is 0 Å². The molecule has 0 saturated carbocycles. The van der Waals surface area contributed by atoms with Crippen LogP contribution < -0.4 is 5.32 Å². The zero-order valence-electron chi connectivity index (χ0n) is 8.98. The van der Waals surface area contributed by atoms with Crippen LogP contribution in [0.2, 0.25) is 0 Å². The summed E-state index contributed by atoms with van der Waals surface area (Å²) in [6.45, 7) is 0.797. The summed E-state index contributed by atoms with van der Waals surface area (Å²) >= 11 is 1.57. The van der Waals surface area contributed by atoms with E-state index in [0.29, 0.717) is 0 Å². The summed E-state index contributed by atoms with van der Waals surface area (Å²) in [5, 5.41) is 12.1. The Morgan fingerprint density at radius 3 is 2.75 bits per heavy atom. The summed E-state index contributed by atoms with van der Waals surface area (Å²) in [5.41, 5.74) is 0. The summed E-state index contributed by atoms with van der Waals surface area (Å²) in [5.74, 6) is 0.394. The Hall–Kier alpha value is -1.16. The number of nitrogens with one attached hydrogen (secondary N) is 1. The lowest BCUT2D eigenvalue weighted by molar-refractivity contribution is -0.120. The lowest BCUT2D eigenvalue weighted by atomic mass is 10.2. The predicted molar refractivity (Wildman–Crippen MR) is 64.6 cm³/mol. The third-order valence-corrected chi connectivity index (χ3v) is 3.88. The molecule has 1 aliphatic rings. The number of aromatic hydroxyl groups is 1. The van der Waals surface area contributed by atoms with Gasteiger partial charge in [0.05, 0.1) is 5.25 Å². The van der Waals surface area contributed by atoms with E-state index in [0.717, 1.165) is 30.7 Å². The predicted octanol–water partition coefficient (Wildman–Crippen LogP) is 2.15. The molecule has 1 fully saturated rings. The standard InChI is InChI=1S/C12H15NO2S/c14-9-4-6-10(7-5-9)16-11-3-1-2-8-13-12(11)15/h4-7,11,14H,1-3,8H2,(H,13,15)/t11-/m0/s1. The number of hydrogen-bond acceptors (Lipinski definition) is 3. The lowest BCUT2D eigenvalue weighted by Gasteiger charge is -2.12. The molecular weight excluding hydrogens is 222 g/mol. The van der Waals surface area contributed by atoms with Crippen LogP contribution in [0.15, 0.2) is 29.2 Å². The first-order valence-corrected chi connectivity index (χ1v) is 6.37. The number of hydrogen-bond donors (Lipinski definition) is 2. The summed E-state index contributed by atoms with van der Waals surface area (Å²) in [6, 6.07) is 6.99. The van der Waals surface area contributed by atoms with Crippen molar-refractivity contribution in [3.63, 3.8) is 0 Å². The molecule has 1 aliphatic heterocycles. The molecule has 86 valence electrons. The Morgan fingerprint density at radius 2 is 2.00 bits per heavy atom. The fourth-order valence-electron chi connectivity index (χ4n) is 1.71. The van der Waals surface area contributed by atoms with Gasteiger partial charge in [-0.3, -0.25) is 4.79 Å². The molecule has 1 aromatic rings. The van der Waals surface area contributed by atoms with E-state index < -0.39 is 0 Å². The van der Waals surface area contributed by atoms with E-state index in [1.165, 1.54) is 0 Å². The van der Waals surface area contributed by atoms with Crippen molar-refractivity contribution in [1.82, 2.24) is 5.32 Å². The van der Waals surface area contributed by atoms with Gasteiger partial charge in [-0.2, -0.15) is 0 Å². The molecule has 1 amide bonds. The van der Waals surface area contributed by atoms with Crippen molar-refractivity contribution in [2.45, 2.75) is 29.4 Å². The minimum absolute atomic E-state index is 0.00652. The maximum Gasteiger partial charge on any atom is 0.233 e. The SMILES string of the molecule is O=C1NCCCC[C@@H]1Sc1ccc(O)cc1. The van der Waals surface area contributed by atoms with Crippen molar-refractivity contribution in [1.29, 1.82) is 0 Å². The highest BCUT2D eigenvalue weighted by atomic mass is 32.2. The van der Waals surface area contributed by atoms with Gasteiger partial charge in [-0.15, -0.1) is 11.8 Å². The average molecular weight is 237 g/mol. The van der Waals surface area contributed by atoms with E-state index in [2.05, 4.69) is 5.32 Å². The van der Waals surface area contributed by atoms with Crippen molar-refractivity contribution in [2.24, 2.45) is 0 Å². The van der Waals surface area contributed by atoms with Gasteiger partial charge in [-0.1, -0.05) is 6.42 Å². The van der Waals surface area contributed by atoms with Crippen molar-refractivity contribution >= 4 is 17.7 Å². The number of carbonyl (C=O) groups excluding carboxylic acids is 1. The van der Waals surface area contributed by atoms with Gasteiger partial charge in [0.2, 0.25) is 5.91 Å². The van der Waals surface area contributed by atoms with Crippen molar-refractivity contribution in [3.8, 4) is 5.75 Å². The van der Waals surface area contributed by atoms with Gasteiger partial charge in [-0.25, -0.2) is 0 Å². The number of thioether (sulfide) groups is 1. The minimum atomic E-state index is 0.00652. The summed E-state index contributed by atoms with van der Waals surface area (Å²) in [6.07, 6.45) is 3.09. The number of carbonyl (C=O) groups is 1. The van der Waals surface area contributed by atoms with Gasteiger partial charge < -0.3 is 10.4 Å². The van der Waals surface area contributed by atoms with Gasteiger partial charge in [0, 0.05) is 11.4 Å². The smallest absolute Gasteiger partial charge is 0.233 e. The third kappa shape index (κ3) is 2.92. The first kappa shape index (κ1) is 11.3. The molecule has 0 unspecified atom stereocenters. The zero-order chi connectivity index (χ0) is 11.4. The maximum atomic E-state index is 11.7. The quantitative estimate of drug-likeness (QED) is 0.828. The normalized spacial score (nSPS) is 21.2. The van der Waals surface area contributed by atoms with Crippen molar-refractivity contribution in [2.75, 3.05) is 6.54 Å². The van der Waals surface area contributed by atoms with Crippen LogP contribution in [0.5, 0.6) is 5.75 Å². The third-order valence-electron chi connectivity index (χ3n) is 2.60. The first-order chi connectivity index (χ1) is 7.75. The van der Waals surface area contributed by atoms with Gasteiger partial charge >= 0.3 is 0 Å². The van der Waals surface area contributed by atoms with Crippen molar-refractivity contribution < 1.29 is 9.90 Å². The minimum Gasteiger partial charge on any atom is -0.508 e. The summed E-state index contributed by atoms with van der Waals surface area (Å²) in [7, 11) is 0. The summed E-state index contributed by atoms with van der Waals surface area (Å²) in [4.78, 5) is 12.7. The molecule has 0 radical (unpaired) electrons. The lowest BCUT2D eigenvalue weighted by Crippen LogP contribution is -2.30. The van der Waals surface area contributed by atoms with Gasteiger partial charge in [0.15, 0.2) is 0 Å². The monoisotopic (exact) mass is 237 g/mol. The second kappa shape index (κ2) is 5.25. The largest absolute Gasteiger partial charge is 0.508 e. The second-order valence-corrected chi connectivity index (χ2v) is 5.16. The highest BCUT2D eigenvalue weighted by molar-refractivity contribution is 8.00. The van der Waals surface area contributed by atoms with Gasteiger partial charge in [-0.05, 0) is 37.1 Å². The van der Waals surface area contributed by atoms with E-state index in [-0.39, 0.29) is 16.9 Å². The summed E-state index contributed by atoms with van der Waals surface area (Å²) < 4.78 is 0. The second-order valence-electron chi connectivity index (χ2n) is 3.89.